The molecule has 0 saturated heterocycles. The number of carbonyl (C=O) groups excluding carboxylic acids is 1. The van der Waals surface area contributed by atoms with E-state index in [0.29, 0.717) is 35.7 Å². The average Bonchev–Trinajstić information content (AvgIpc) is 3.15. The summed E-state index contributed by atoms with van der Waals surface area (Å²) < 4.78 is 5.68. The van der Waals surface area contributed by atoms with Gasteiger partial charge in [-0.3, -0.25) is 4.79 Å². The monoisotopic (exact) mass is 385 g/mol. The van der Waals surface area contributed by atoms with Gasteiger partial charge in [0.1, 0.15) is 0 Å². The van der Waals surface area contributed by atoms with E-state index in [1.165, 1.54) is 48.6 Å². The quantitative estimate of drug-likeness (QED) is 0.508. The summed E-state index contributed by atoms with van der Waals surface area (Å²) in [6, 6.07) is 10.3. The van der Waals surface area contributed by atoms with Gasteiger partial charge in [-0.15, -0.1) is 10.2 Å². The molecular formula is C21H27N3O2S. The van der Waals surface area contributed by atoms with Gasteiger partial charge in [-0.1, -0.05) is 60.7 Å². The van der Waals surface area contributed by atoms with Crippen LogP contribution in [0.15, 0.2) is 51.6 Å². The number of allylic oxidation sites excluding steroid dienone is 1. The molecule has 0 spiro atoms. The normalized spacial score (nSPS) is 15.2. The van der Waals surface area contributed by atoms with E-state index in [2.05, 4.69) is 40.6 Å². The highest BCUT2D eigenvalue weighted by atomic mass is 32.2. The number of nitrogens with one attached hydrogen (secondary N) is 1. The van der Waals surface area contributed by atoms with Crippen LogP contribution in [-0.4, -0.2) is 28.4 Å². The van der Waals surface area contributed by atoms with Crippen molar-refractivity contribution in [1.29, 1.82) is 0 Å². The zero-order valence-corrected chi connectivity index (χ0v) is 16.6. The zero-order chi connectivity index (χ0) is 18.9. The second-order valence-corrected chi connectivity index (χ2v) is 7.90. The van der Waals surface area contributed by atoms with Crippen molar-refractivity contribution in [2.45, 2.75) is 56.6 Å². The summed E-state index contributed by atoms with van der Waals surface area (Å²) in [6.45, 7) is 2.84. The van der Waals surface area contributed by atoms with Crippen LogP contribution < -0.4 is 5.32 Å². The number of nitrogens with zero attached hydrogens (tertiary/aromatic N) is 2. The van der Waals surface area contributed by atoms with Gasteiger partial charge in [-0.2, -0.15) is 0 Å². The Kier molecular flexibility index (Phi) is 7.51. The molecule has 5 nitrogen and oxygen atoms in total. The highest BCUT2D eigenvalue weighted by molar-refractivity contribution is 7.99. The molecule has 27 heavy (non-hydrogen) atoms. The highest BCUT2D eigenvalue weighted by Crippen LogP contribution is 2.22. The standard InChI is InChI=1S/C21H27N3O2S/c1-16(18-10-6-3-7-11-18)14-20-23-24-21(26-20)27-15-19(25)22-13-12-17-8-4-2-5-9-17/h3,6-8,10-11,16H,2,4-5,9,12-15H2,1H3,(H,22,25). The Balaban J connectivity index is 1.37. The summed E-state index contributed by atoms with van der Waals surface area (Å²) in [5.41, 5.74) is 2.72. The van der Waals surface area contributed by atoms with Crippen LogP contribution in [0.1, 0.15) is 56.4 Å². The van der Waals surface area contributed by atoms with Gasteiger partial charge in [-0.25, -0.2) is 0 Å². The van der Waals surface area contributed by atoms with Crippen LogP contribution in [0, 0.1) is 0 Å². The molecule has 1 heterocycles. The van der Waals surface area contributed by atoms with E-state index in [1.54, 1.807) is 0 Å². The van der Waals surface area contributed by atoms with Crippen LogP contribution in [0.25, 0.3) is 0 Å². The Hall–Kier alpha value is -2.08. The second-order valence-electron chi connectivity index (χ2n) is 6.97. The zero-order valence-electron chi connectivity index (χ0n) is 15.8. The molecule has 1 aliphatic carbocycles. The fourth-order valence-electron chi connectivity index (χ4n) is 3.21. The molecule has 0 aliphatic heterocycles. The Morgan fingerprint density at radius 2 is 2.11 bits per heavy atom. The lowest BCUT2D eigenvalue weighted by atomic mass is 9.97. The van der Waals surface area contributed by atoms with E-state index >= 15 is 0 Å². The summed E-state index contributed by atoms with van der Waals surface area (Å²) in [5, 5.41) is 11.6. The molecule has 6 heteroatoms. The number of carbonyl (C=O) groups is 1. The lowest BCUT2D eigenvalue weighted by molar-refractivity contribution is -0.118. The SMILES string of the molecule is CC(Cc1nnc(SCC(=O)NCCC2=CCCCC2)o1)c1ccccc1. The van der Waals surface area contributed by atoms with Crippen molar-refractivity contribution in [3.63, 3.8) is 0 Å². The predicted octanol–water partition coefficient (Wildman–Crippen LogP) is 4.51. The van der Waals surface area contributed by atoms with Crippen LogP contribution in [0.5, 0.6) is 0 Å². The molecule has 1 amide bonds. The first-order valence-corrected chi connectivity index (χ1v) is 10.6. The third kappa shape index (κ3) is 6.54. The van der Waals surface area contributed by atoms with Crippen molar-refractivity contribution in [1.82, 2.24) is 15.5 Å². The van der Waals surface area contributed by atoms with Gasteiger partial charge in [0.15, 0.2) is 0 Å². The number of hydrogen-bond donors (Lipinski definition) is 1. The molecule has 1 aromatic carbocycles. The van der Waals surface area contributed by atoms with Gasteiger partial charge in [-0.05, 0) is 43.6 Å². The lowest BCUT2D eigenvalue weighted by Gasteiger charge is -2.12. The lowest BCUT2D eigenvalue weighted by Crippen LogP contribution is -2.26. The minimum absolute atomic E-state index is 0.00816. The van der Waals surface area contributed by atoms with Crippen molar-refractivity contribution >= 4 is 17.7 Å². The smallest absolute Gasteiger partial charge is 0.277 e. The average molecular weight is 386 g/mol. The predicted molar refractivity (Wildman–Crippen MR) is 108 cm³/mol. The third-order valence-corrected chi connectivity index (χ3v) is 5.60. The molecule has 1 aromatic heterocycles. The molecule has 0 radical (unpaired) electrons. The Morgan fingerprint density at radius 3 is 2.89 bits per heavy atom. The van der Waals surface area contributed by atoms with E-state index in [-0.39, 0.29) is 5.91 Å². The molecule has 0 fully saturated rings. The Morgan fingerprint density at radius 1 is 1.26 bits per heavy atom. The molecular weight excluding hydrogens is 358 g/mol. The van der Waals surface area contributed by atoms with Gasteiger partial charge >= 0.3 is 0 Å². The number of benzene rings is 1. The minimum atomic E-state index is 0.00816. The van der Waals surface area contributed by atoms with Crippen molar-refractivity contribution in [3.8, 4) is 0 Å². The van der Waals surface area contributed by atoms with Crippen LogP contribution in [0.2, 0.25) is 0 Å². The maximum Gasteiger partial charge on any atom is 0.277 e. The molecule has 0 saturated carbocycles. The number of amides is 1. The van der Waals surface area contributed by atoms with E-state index in [1.807, 2.05) is 18.2 Å². The molecule has 1 aliphatic rings. The van der Waals surface area contributed by atoms with Gasteiger partial charge in [0.25, 0.3) is 5.22 Å². The molecule has 0 bridgehead atoms. The summed E-state index contributed by atoms with van der Waals surface area (Å²) in [5.74, 6) is 1.23. The minimum Gasteiger partial charge on any atom is -0.416 e. The fraction of sp³-hybridized carbons (Fsp3) is 0.476. The van der Waals surface area contributed by atoms with Crippen molar-refractivity contribution in [2.24, 2.45) is 0 Å². The van der Waals surface area contributed by atoms with Gasteiger partial charge in [0, 0.05) is 13.0 Å². The molecule has 2 aromatic rings. The fourth-order valence-corrected chi connectivity index (χ4v) is 3.82. The summed E-state index contributed by atoms with van der Waals surface area (Å²) in [4.78, 5) is 12.0. The van der Waals surface area contributed by atoms with Gasteiger partial charge in [0.05, 0.1) is 5.75 Å². The number of rotatable bonds is 9. The number of thioether (sulfide) groups is 1. The molecule has 144 valence electrons. The third-order valence-electron chi connectivity index (χ3n) is 4.78. The summed E-state index contributed by atoms with van der Waals surface area (Å²) in [6.07, 6.45) is 8.90. The first-order valence-electron chi connectivity index (χ1n) is 9.65. The maximum absolute atomic E-state index is 12.0. The number of hydrogen-bond acceptors (Lipinski definition) is 5. The first-order chi connectivity index (χ1) is 13.2. The van der Waals surface area contributed by atoms with Crippen LogP contribution in [-0.2, 0) is 11.2 Å². The summed E-state index contributed by atoms with van der Waals surface area (Å²) in [7, 11) is 0. The topological polar surface area (TPSA) is 68.0 Å². The van der Waals surface area contributed by atoms with E-state index in [9.17, 15) is 4.79 Å². The Bertz CT molecular complexity index is 758. The largest absolute Gasteiger partial charge is 0.416 e. The highest BCUT2D eigenvalue weighted by Gasteiger charge is 2.14. The molecule has 1 unspecified atom stereocenters. The van der Waals surface area contributed by atoms with E-state index in [0.717, 1.165) is 6.42 Å². The van der Waals surface area contributed by atoms with Crippen LogP contribution in [0.4, 0.5) is 0 Å². The van der Waals surface area contributed by atoms with E-state index in [4.69, 9.17) is 4.42 Å². The van der Waals surface area contributed by atoms with Crippen LogP contribution >= 0.6 is 11.8 Å². The van der Waals surface area contributed by atoms with Gasteiger partial charge in [0.2, 0.25) is 11.8 Å². The molecule has 3 rings (SSSR count). The van der Waals surface area contributed by atoms with Crippen molar-refractivity contribution in [3.05, 3.63) is 53.4 Å². The Labute approximate surface area is 165 Å². The molecule has 1 atom stereocenters. The number of aromatic nitrogens is 2. The van der Waals surface area contributed by atoms with Crippen LogP contribution in [0.3, 0.4) is 0 Å². The van der Waals surface area contributed by atoms with Crippen molar-refractivity contribution in [2.75, 3.05) is 12.3 Å². The first kappa shape index (κ1) is 19.7. The second kappa shape index (κ2) is 10.3. The van der Waals surface area contributed by atoms with E-state index < -0.39 is 0 Å². The van der Waals surface area contributed by atoms with Gasteiger partial charge < -0.3 is 9.73 Å². The van der Waals surface area contributed by atoms with Crippen molar-refractivity contribution < 1.29 is 9.21 Å². The maximum atomic E-state index is 12.0. The molecule has 1 N–H and O–H groups in total. The summed E-state index contributed by atoms with van der Waals surface area (Å²) >= 11 is 1.29.